The Bertz CT molecular complexity index is 867. The minimum atomic E-state index is -0.170. The van der Waals surface area contributed by atoms with E-state index in [0.29, 0.717) is 6.54 Å². The van der Waals surface area contributed by atoms with Gasteiger partial charge < -0.3 is 10.2 Å². The maximum Gasteiger partial charge on any atom is 0.240 e. The lowest BCUT2D eigenvalue weighted by Crippen LogP contribution is -2.39. The molecule has 6 nitrogen and oxygen atoms in total. The van der Waals surface area contributed by atoms with Crippen molar-refractivity contribution in [2.75, 3.05) is 30.0 Å². The highest BCUT2D eigenvalue weighted by Gasteiger charge is 2.21. The Balaban J connectivity index is 1.75. The van der Waals surface area contributed by atoms with E-state index in [2.05, 4.69) is 33.6 Å². The van der Waals surface area contributed by atoms with E-state index in [1.54, 1.807) is 11.8 Å². The minimum absolute atomic E-state index is 0.0144. The molecule has 1 N–H and O–H groups in total. The second-order valence-electron chi connectivity index (χ2n) is 6.24. The normalized spacial score (nSPS) is 12.1. The van der Waals surface area contributed by atoms with Gasteiger partial charge in [-0.3, -0.25) is 9.20 Å². The van der Waals surface area contributed by atoms with E-state index in [0.717, 1.165) is 35.9 Å². The fourth-order valence-electron chi connectivity index (χ4n) is 3.04. The van der Waals surface area contributed by atoms with Crippen LogP contribution < -0.4 is 10.2 Å². The molecule has 0 spiro atoms. The SMILES string of the molecule is CCN(CC(=O)NC(CCSC)c1nnc2ccccn12)c1ccccc1. The molecule has 2 aromatic heterocycles. The van der Waals surface area contributed by atoms with Gasteiger partial charge in [0, 0.05) is 18.4 Å². The molecule has 1 aromatic carbocycles. The molecule has 1 unspecified atom stereocenters. The average Bonchev–Trinajstić information content (AvgIpc) is 3.14. The summed E-state index contributed by atoms with van der Waals surface area (Å²) in [5, 5.41) is 11.7. The highest BCUT2D eigenvalue weighted by atomic mass is 32.2. The molecule has 1 atom stereocenters. The number of thioether (sulfide) groups is 1. The molecule has 0 aliphatic heterocycles. The Hall–Kier alpha value is -2.54. The number of anilines is 1. The standard InChI is InChI=1S/C20H25N5OS/c1-3-24(16-9-5-4-6-10-16)15-19(26)21-17(12-14-27-2)20-23-22-18-11-7-8-13-25(18)20/h4-11,13,17H,3,12,14-15H2,1-2H3,(H,21,26). The number of fused-ring (bicyclic) bond motifs is 1. The highest BCUT2D eigenvalue weighted by molar-refractivity contribution is 7.98. The monoisotopic (exact) mass is 383 g/mol. The van der Waals surface area contributed by atoms with E-state index >= 15 is 0 Å². The second kappa shape index (κ2) is 9.41. The Labute approximate surface area is 164 Å². The molecule has 0 fully saturated rings. The largest absolute Gasteiger partial charge is 0.363 e. The zero-order valence-corrected chi connectivity index (χ0v) is 16.5. The summed E-state index contributed by atoms with van der Waals surface area (Å²) in [6, 6.07) is 15.6. The van der Waals surface area contributed by atoms with Gasteiger partial charge in [-0.15, -0.1) is 10.2 Å². The number of likely N-dealkylation sites (N-methyl/N-ethyl adjacent to an activating group) is 1. The third-order valence-corrected chi connectivity index (χ3v) is 5.08. The molecule has 2 heterocycles. The number of hydrogen-bond donors (Lipinski definition) is 1. The van der Waals surface area contributed by atoms with Crippen molar-refractivity contribution < 1.29 is 4.79 Å². The first-order chi connectivity index (χ1) is 13.2. The molecular weight excluding hydrogens is 358 g/mol. The molecule has 7 heteroatoms. The highest BCUT2D eigenvalue weighted by Crippen LogP contribution is 2.19. The molecular formula is C20H25N5OS. The molecule has 3 rings (SSSR count). The van der Waals surface area contributed by atoms with Crippen molar-refractivity contribution in [1.82, 2.24) is 19.9 Å². The molecule has 27 heavy (non-hydrogen) atoms. The number of carbonyl (C=O) groups is 1. The predicted molar refractivity (Wildman–Crippen MR) is 111 cm³/mol. The summed E-state index contributed by atoms with van der Waals surface area (Å²) in [7, 11) is 0. The van der Waals surface area contributed by atoms with Gasteiger partial charge in [0.2, 0.25) is 5.91 Å². The maximum absolute atomic E-state index is 12.8. The number of rotatable bonds is 9. The van der Waals surface area contributed by atoms with Crippen LogP contribution in [0.4, 0.5) is 5.69 Å². The first-order valence-corrected chi connectivity index (χ1v) is 10.5. The molecule has 0 aliphatic rings. The van der Waals surface area contributed by atoms with Crippen LogP contribution in [0.3, 0.4) is 0 Å². The van der Waals surface area contributed by atoms with Crippen molar-refractivity contribution in [2.24, 2.45) is 0 Å². The fraction of sp³-hybridized carbons (Fsp3) is 0.350. The summed E-state index contributed by atoms with van der Waals surface area (Å²) in [5.74, 6) is 1.69. The van der Waals surface area contributed by atoms with Crippen molar-refractivity contribution in [1.29, 1.82) is 0 Å². The number of benzene rings is 1. The van der Waals surface area contributed by atoms with Crippen LogP contribution in [-0.4, -0.2) is 45.6 Å². The second-order valence-corrected chi connectivity index (χ2v) is 7.22. The van der Waals surface area contributed by atoms with Gasteiger partial charge in [0.1, 0.15) is 0 Å². The van der Waals surface area contributed by atoms with Gasteiger partial charge in [-0.2, -0.15) is 11.8 Å². The lowest BCUT2D eigenvalue weighted by molar-refractivity contribution is -0.120. The van der Waals surface area contributed by atoms with Gasteiger partial charge in [-0.05, 0) is 49.6 Å². The first kappa shape index (κ1) is 19.2. The zero-order chi connectivity index (χ0) is 19.1. The van der Waals surface area contributed by atoms with Crippen molar-refractivity contribution in [3.8, 4) is 0 Å². The predicted octanol–water partition coefficient (Wildman–Crippen LogP) is 3.17. The van der Waals surface area contributed by atoms with Crippen LogP contribution in [0.1, 0.15) is 25.2 Å². The van der Waals surface area contributed by atoms with Crippen LogP contribution in [0, 0.1) is 0 Å². The number of nitrogens with one attached hydrogen (secondary N) is 1. The Morgan fingerprint density at radius 3 is 2.70 bits per heavy atom. The molecule has 0 saturated heterocycles. The number of para-hydroxylation sites is 1. The van der Waals surface area contributed by atoms with E-state index in [4.69, 9.17) is 0 Å². The van der Waals surface area contributed by atoms with E-state index in [1.165, 1.54) is 0 Å². The number of amides is 1. The third-order valence-electron chi connectivity index (χ3n) is 4.44. The van der Waals surface area contributed by atoms with Gasteiger partial charge in [0.25, 0.3) is 0 Å². The first-order valence-electron chi connectivity index (χ1n) is 9.11. The van der Waals surface area contributed by atoms with Crippen molar-refractivity contribution in [2.45, 2.75) is 19.4 Å². The summed E-state index contributed by atoms with van der Waals surface area (Å²) >= 11 is 1.76. The molecule has 142 valence electrons. The molecule has 0 bridgehead atoms. The number of carbonyl (C=O) groups excluding carboxylic acids is 1. The van der Waals surface area contributed by atoms with E-state index in [9.17, 15) is 4.79 Å². The quantitative estimate of drug-likeness (QED) is 0.615. The molecule has 0 saturated carbocycles. The van der Waals surface area contributed by atoms with Gasteiger partial charge in [-0.25, -0.2) is 0 Å². The molecule has 0 radical (unpaired) electrons. The van der Waals surface area contributed by atoms with E-state index < -0.39 is 0 Å². The summed E-state index contributed by atoms with van der Waals surface area (Å²) in [6.07, 6.45) is 4.81. The van der Waals surface area contributed by atoms with Crippen LogP contribution >= 0.6 is 11.8 Å². The van der Waals surface area contributed by atoms with Gasteiger partial charge in [-0.1, -0.05) is 24.3 Å². The van der Waals surface area contributed by atoms with E-state index in [-0.39, 0.29) is 11.9 Å². The van der Waals surface area contributed by atoms with Gasteiger partial charge in [0.05, 0.1) is 12.6 Å². The third kappa shape index (κ3) is 4.80. The van der Waals surface area contributed by atoms with Gasteiger partial charge >= 0.3 is 0 Å². The van der Waals surface area contributed by atoms with Crippen molar-refractivity contribution in [3.05, 3.63) is 60.6 Å². The van der Waals surface area contributed by atoms with Crippen LogP contribution in [0.2, 0.25) is 0 Å². The number of hydrogen-bond acceptors (Lipinski definition) is 5. The number of nitrogens with zero attached hydrogens (tertiary/aromatic N) is 4. The van der Waals surface area contributed by atoms with Crippen LogP contribution in [0.15, 0.2) is 54.7 Å². The van der Waals surface area contributed by atoms with Crippen molar-refractivity contribution >= 4 is 29.0 Å². The summed E-state index contributed by atoms with van der Waals surface area (Å²) in [4.78, 5) is 14.8. The molecule has 1 amide bonds. The minimum Gasteiger partial charge on any atom is -0.363 e. The van der Waals surface area contributed by atoms with Crippen LogP contribution in [0.5, 0.6) is 0 Å². The molecule has 3 aromatic rings. The Morgan fingerprint density at radius 1 is 1.19 bits per heavy atom. The molecule has 0 aliphatic carbocycles. The lowest BCUT2D eigenvalue weighted by Gasteiger charge is -2.24. The Kier molecular flexibility index (Phi) is 6.70. The topological polar surface area (TPSA) is 62.5 Å². The lowest BCUT2D eigenvalue weighted by atomic mass is 10.2. The Morgan fingerprint density at radius 2 is 1.96 bits per heavy atom. The van der Waals surface area contributed by atoms with E-state index in [1.807, 2.05) is 59.1 Å². The number of pyridine rings is 1. The summed E-state index contributed by atoms with van der Waals surface area (Å²) in [5.41, 5.74) is 1.83. The fourth-order valence-corrected chi connectivity index (χ4v) is 3.51. The summed E-state index contributed by atoms with van der Waals surface area (Å²) in [6.45, 7) is 3.13. The van der Waals surface area contributed by atoms with Crippen LogP contribution in [0.25, 0.3) is 5.65 Å². The van der Waals surface area contributed by atoms with Crippen molar-refractivity contribution in [3.63, 3.8) is 0 Å². The number of aromatic nitrogens is 3. The zero-order valence-electron chi connectivity index (χ0n) is 15.7. The average molecular weight is 384 g/mol. The van der Waals surface area contributed by atoms with Crippen LogP contribution in [-0.2, 0) is 4.79 Å². The summed E-state index contributed by atoms with van der Waals surface area (Å²) < 4.78 is 1.94. The maximum atomic E-state index is 12.8. The van der Waals surface area contributed by atoms with Gasteiger partial charge in [0.15, 0.2) is 11.5 Å². The smallest absolute Gasteiger partial charge is 0.240 e.